The van der Waals surface area contributed by atoms with Crippen molar-refractivity contribution < 1.29 is 5.11 Å². The van der Waals surface area contributed by atoms with Gasteiger partial charge < -0.3 is 10.4 Å². The molecule has 1 rings (SSSR count). The van der Waals surface area contributed by atoms with Crippen LogP contribution in [-0.4, -0.2) is 22.7 Å². The molecule has 0 spiro atoms. The molecule has 1 unspecified atom stereocenters. The molecule has 0 saturated carbocycles. The van der Waals surface area contributed by atoms with Crippen LogP contribution in [0.1, 0.15) is 25.8 Å². The molecule has 0 amide bonds. The van der Waals surface area contributed by atoms with Gasteiger partial charge in [-0.15, -0.1) is 0 Å². The minimum Gasteiger partial charge on any atom is -0.393 e. The molecule has 1 heterocycles. The number of aromatic nitrogens is 1. The van der Waals surface area contributed by atoms with E-state index in [9.17, 15) is 5.11 Å². The SMILES string of the molecule is Cc1cc(NCCC(O)C(C)C)ncc1Br. The lowest BCUT2D eigenvalue weighted by molar-refractivity contribution is 0.120. The van der Waals surface area contributed by atoms with E-state index < -0.39 is 0 Å². The molecule has 0 aliphatic carbocycles. The summed E-state index contributed by atoms with van der Waals surface area (Å²) in [6.07, 6.45) is 2.29. The summed E-state index contributed by atoms with van der Waals surface area (Å²) >= 11 is 3.41. The number of halogens is 1. The second kappa shape index (κ2) is 6.21. The van der Waals surface area contributed by atoms with Gasteiger partial charge in [-0.05, 0) is 46.8 Å². The minimum absolute atomic E-state index is 0.246. The van der Waals surface area contributed by atoms with Crippen LogP contribution in [0.4, 0.5) is 5.82 Å². The number of aryl methyl sites for hydroxylation is 1. The van der Waals surface area contributed by atoms with Gasteiger partial charge in [-0.25, -0.2) is 4.98 Å². The molecule has 0 aliphatic heterocycles. The molecule has 1 aromatic rings. The van der Waals surface area contributed by atoms with E-state index in [1.165, 1.54) is 0 Å². The first kappa shape index (κ1) is 13.5. The van der Waals surface area contributed by atoms with E-state index >= 15 is 0 Å². The molecule has 1 aromatic heterocycles. The maximum absolute atomic E-state index is 9.64. The highest BCUT2D eigenvalue weighted by atomic mass is 79.9. The van der Waals surface area contributed by atoms with Crippen molar-refractivity contribution >= 4 is 21.7 Å². The van der Waals surface area contributed by atoms with E-state index in [0.29, 0.717) is 5.92 Å². The van der Waals surface area contributed by atoms with Crippen molar-refractivity contribution in [2.24, 2.45) is 5.92 Å². The zero-order valence-electron chi connectivity index (χ0n) is 10.00. The van der Waals surface area contributed by atoms with Crippen molar-refractivity contribution in [1.29, 1.82) is 0 Å². The van der Waals surface area contributed by atoms with Crippen LogP contribution in [0.5, 0.6) is 0 Å². The maximum atomic E-state index is 9.64. The summed E-state index contributed by atoms with van der Waals surface area (Å²) in [7, 11) is 0. The van der Waals surface area contributed by atoms with Crippen molar-refractivity contribution in [3.8, 4) is 0 Å². The highest BCUT2D eigenvalue weighted by Crippen LogP contribution is 2.17. The second-order valence-electron chi connectivity index (χ2n) is 4.35. The van der Waals surface area contributed by atoms with Crippen LogP contribution in [-0.2, 0) is 0 Å². The van der Waals surface area contributed by atoms with Crippen LogP contribution in [0.3, 0.4) is 0 Å². The van der Waals surface area contributed by atoms with Crippen LogP contribution in [0, 0.1) is 12.8 Å². The molecule has 3 nitrogen and oxygen atoms in total. The van der Waals surface area contributed by atoms with Gasteiger partial charge in [0.25, 0.3) is 0 Å². The summed E-state index contributed by atoms with van der Waals surface area (Å²) in [6, 6.07) is 1.99. The third-order valence-electron chi connectivity index (χ3n) is 2.56. The van der Waals surface area contributed by atoms with Crippen molar-refractivity contribution in [1.82, 2.24) is 4.98 Å². The topological polar surface area (TPSA) is 45.1 Å². The largest absolute Gasteiger partial charge is 0.393 e. The molecule has 0 aliphatic rings. The fourth-order valence-electron chi connectivity index (χ4n) is 1.32. The number of rotatable bonds is 5. The Labute approximate surface area is 105 Å². The van der Waals surface area contributed by atoms with E-state index in [4.69, 9.17) is 0 Å². The van der Waals surface area contributed by atoms with Gasteiger partial charge in [0.2, 0.25) is 0 Å². The number of anilines is 1. The first-order chi connectivity index (χ1) is 7.50. The molecule has 16 heavy (non-hydrogen) atoms. The number of pyridine rings is 1. The standard InChI is InChI=1S/C12H19BrN2O/c1-8(2)11(16)4-5-14-12-6-9(3)10(13)7-15-12/h6-8,11,16H,4-5H2,1-3H3,(H,14,15). The predicted octanol–water partition coefficient (Wildman–Crippen LogP) is 2.97. The fourth-order valence-corrected chi connectivity index (χ4v) is 1.53. The molecule has 90 valence electrons. The van der Waals surface area contributed by atoms with Gasteiger partial charge in [0, 0.05) is 17.2 Å². The third-order valence-corrected chi connectivity index (χ3v) is 3.39. The van der Waals surface area contributed by atoms with Gasteiger partial charge in [-0.2, -0.15) is 0 Å². The quantitative estimate of drug-likeness (QED) is 0.875. The summed E-state index contributed by atoms with van der Waals surface area (Å²) < 4.78 is 1.01. The Balaban J connectivity index is 2.40. The number of hydrogen-bond acceptors (Lipinski definition) is 3. The smallest absolute Gasteiger partial charge is 0.126 e. The molecule has 4 heteroatoms. The summed E-state index contributed by atoms with van der Waals surface area (Å²) in [5.74, 6) is 1.16. The lowest BCUT2D eigenvalue weighted by Crippen LogP contribution is -2.19. The molecular formula is C12H19BrN2O. The average molecular weight is 287 g/mol. The second-order valence-corrected chi connectivity index (χ2v) is 5.20. The first-order valence-electron chi connectivity index (χ1n) is 5.54. The van der Waals surface area contributed by atoms with Crippen molar-refractivity contribution in [3.05, 3.63) is 22.3 Å². The maximum Gasteiger partial charge on any atom is 0.126 e. The van der Waals surface area contributed by atoms with Gasteiger partial charge in [0.1, 0.15) is 5.82 Å². The number of aliphatic hydroxyl groups is 1. The molecule has 0 fully saturated rings. The van der Waals surface area contributed by atoms with Gasteiger partial charge >= 0.3 is 0 Å². The lowest BCUT2D eigenvalue weighted by Gasteiger charge is -2.14. The average Bonchev–Trinajstić information content (AvgIpc) is 2.23. The monoisotopic (exact) mass is 286 g/mol. The van der Waals surface area contributed by atoms with Crippen LogP contribution in [0.25, 0.3) is 0 Å². The van der Waals surface area contributed by atoms with E-state index in [1.807, 2.05) is 26.8 Å². The molecular weight excluding hydrogens is 268 g/mol. The van der Waals surface area contributed by atoms with Gasteiger partial charge in [0.15, 0.2) is 0 Å². The van der Waals surface area contributed by atoms with Gasteiger partial charge in [0.05, 0.1) is 6.10 Å². The Morgan fingerprint density at radius 1 is 1.50 bits per heavy atom. The predicted molar refractivity (Wildman–Crippen MR) is 70.6 cm³/mol. The van der Waals surface area contributed by atoms with Crippen molar-refractivity contribution in [2.75, 3.05) is 11.9 Å². The highest BCUT2D eigenvalue weighted by molar-refractivity contribution is 9.10. The van der Waals surface area contributed by atoms with E-state index in [0.717, 1.165) is 28.8 Å². The van der Waals surface area contributed by atoms with Gasteiger partial charge in [-0.1, -0.05) is 13.8 Å². The van der Waals surface area contributed by atoms with Crippen LogP contribution in [0.15, 0.2) is 16.7 Å². The summed E-state index contributed by atoms with van der Waals surface area (Å²) in [4.78, 5) is 4.24. The zero-order valence-corrected chi connectivity index (χ0v) is 11.6. The van der Waals surface area contributed by atoms with E-state index in [1.54, 1.807) is 6.20 Å². The van der Waals surface area contributed by atoms with Crippen molar-refractivity contribution in [3.63, 3.8) is 0 Å². The first-order valence-corrected chi connectivity index (χ1v) is 6.34. The molecule has 0 bridgehead atoms. The highest BCUT2D eigenvalue weighted by Gasteiger charge is 2.08. The molecule has 0 aromatic carbocycles. The number of nitrogens with zero attached hydrogens (tertiary/aromatic N) is 1. The van der Waals surface area contributed by atoms with Gasteiger partial charge in [-0.3, -0.25) is 0 Å². The third kappa shape index (κ3) is 4.10. The number of hydrogen-bond donors (Lipinski definition) is 2. The summed E-state index contributed by atoms with van der Waals surface area (Å²) in [5, 5.41) is 12.8. The fraction of sp³-hybridized carbons (Fsp3) is 0.583. The van der Waals surface area contributed by atoms with Crippen LogP contribution in [0.2, 0.25) is 0 Å². The van der Waals surface area contributed by atoms with Crippen LogP contribution < -0.4 is 5.32 Å². The minimum atomic E-state index is -0.246. The zero-order chi connectivity index (χ0) is 12.1. The molecule has 0 radical (unpaired) electrons. The Bertz CT molecular complexity index is 342. The molecule has 1 atom stereocenters. The van der Waals surface area contributed by atoms with Crippen LogP contribution >= 0.6 is 15.9 Å². The molecule has 0 saturated heterocycles. The Kier molecular flexibility index (Phi) is 5.22. The molecule has 2 N–H and O–H groups in total. The normalized spacial score (nSPS) is 12.9. The summed E-state index contributed by atoms with van der Waals surface area (Å²) in [5.41, 5.74) is 1.15. The number of nitrogens with one attached hydrogen (secondary N) is 1. The number of aliphatic hydroxyl groups excluding tert-OH is 1. The van der Waals surface area contributed by atoms with Crippen molar-refractivity contribution in [2.45, 2.75) is 33.3 Å². The lowest BCUT2D eigenvalue weighted by atomic mass is 10.0. The Morgan fingerprint density at radius 2 is 2.19 bits per heavy atom. The summed E-state index contributed by atoms with van der Waals surface area (Å²) in [6.45, 7) is 6.81. The van der Waals surface area contributed by atoms with E-state index in [-0.39, 0.29) is 6.10 Å². The Morgan fingerprint density at radius 3 is 2.75 bits per heavy atom. The van der Waals surface area contributed by atoms with E-state index in [2.05, 4.69) is 26.2 Å². The Hall–Kier alpha value is -0.610.